The van der Waals surface area contributed by atoms with E-state index in [9.17, 15) is 4.79 Å². The first kappa shape index (κ1) is 7.24. The molecule has 0 saturated carbocycles. The number of nitrogens with zero attached hydrogens (tertiary/aromatic N) is 2. The SMILES string of the molecule is O=Cc1[nH]nc2cnc(Cl)cc12. The zero-order valence-electron chi connectivity index (χ0n) is 5.91. The van der Waals surface area contributed by atoms with Crippen molar-refractivity contribution in [3.63, 3.8) is 0 Å². The first-order valence-electron chi connectivity index (χ1n) is 3.26. The second-order valence-electron chi connectivity index (χ2n) is 2.28. The van der Waals surface area contributed by atoms with E-state index in [2.05, 4.69) is 15.2 Å². The van der Waals surface area contributed by atoms with Crippen LogP contribution in [-0.4, -0.2) is 21.5 Å². The molecule has 5 heteroatoms. The lowest BCUT2D eigenvalue weighted by Crippen LogP contribution is -1.79. The van der Waals surface area contributed by atoms with Gasteiger partial charge in [-0.1, -0.05) is 11.6 Å². The van der Waals surface area contributed by atoms with Crippen molar-refractivity contribution < 1.29 is 4.79 Å². The highest BCUT2D eigenvalue weighted by Crippen LogP contribution is 2.16. The molecule has 0 aliphatic heterocycles. The maximum absolute atomic E-state index is 10.5. The molecule has 0 atom stereocenters. The Morgan fingerprint density at radius 2 is 2.42 bits per heavy atom. The van der Waals surface area contributed by atoms with Crippen molar-refractivity contribution in [1.82, 2.24) is 15.2 Å². The summed E-state index contributed by atoms with van der Waals surface area (Å²) in [6, 6.07) is 1.60. The van der Waals surface area contributed by atoms with Gasteiger partial charge >= 0.3 is 0 Å². The van der Waals surface area contributed by atoms with Crippen molar-refractivity contribution in [2.45, 2.75) is 0 Å². The average molecular weight is 182 g/mol. The molecule has 0 unspecified atom stereocenters. The third kappa shape index (κ3) is 0.967. The van der Waals surface area contributed by atoms with Crippen molar-refractivity contribution in [3.8, 4) is 0 Å². The monoisotopic (exact) mass is 181 g/mol. The number of H-pyrrole nitrogens is 1. The van der Waals surface area contributed by atoms with E-state index in [1.807, 2.05) is 0 Å². The van der Waals surface area contributed by atoms with Gasteiger partial charge in [0.05, 0.1) is 6.20 Å². The van der Waals surface area contributed by atoms with E-state index in [1.165, 1.54) is 6.20 Å². The standard InChI is InChI=1S/C7H4ClN3O/c8-7-1-4-5(2-9-7)10-11-6(4)3-12/h1-3H,(H,10,11). The van der Waals surface area contributed by atoms with Gasteiger partial charge in [-0.3, -0.25) is 9.89 Å². The molecule has 2 heterocycles. The summed E-state index contributed by atoms with van der Waals surface area (Å²) in [5, 5.41) is 7.48. The summed E-state index contributed by atoms with van der Waals surface area (Å²) >= 11 is 5.64. The molecule has 2 aromatic heterocycles. The number of hydrogen-bond donors (Lipinski definition) is 1. The van der Waals surface area contributed by atoms with E-state index in [-0.39, 0.29) is 0 Å². The zero-order chi connectivity index (χ0) is 8.55. The van der Waals surface area contributed by atoms with Gasteiger partial charge < -0.3 is 0 Å². The van der Waals surface area contributed by atoms with Gasteiger partial charge in [-0.25, -0.2) is 4.98 Å². The van der Waals surface area contributed by atoms with E-state index >= 15 is 0 Å². The minimum atomic E-state index is 0.354. The number of rotatable bonds is 1. The number of aldehydes is 1. The zero-order valence-corrected chi connectivity index (χ0v) is 6.67. The topological polar surface area (TPSA) is 58.6 Å². The Hall–Kier alpha value is -1.42. The van der Waals surface area contributed by atoms with Crippen LogP contribution in [-0.2, 0) is 0 Å². The first-order chi connectivity index (χ1) is 5.81. The Morgan fingerprint density at radius 1 is 1.58 bits per heavy atom. The van der Waals surface area contributed by atoms with Crippen molar-refractivity contribution in [2.75, 3.05) is 0 Å². The number of pyridine rings is 1. The second-order valence-corrected chi connectivity index (χ2v) is 2.67. The summed E-state index contributed by atoms with van der Waals surface area (Å²) in [4.78, 5) is 14.3. The molecule has 0 radical (unpaired) electrons. The molecular weight excluding hydrogens is 178 g/mol. The normalized spacial score (nSPS) is 10.4. The van der Waals surface area contributed by atoms with E-state index in [1.54, 1.807) is 6.07 Å². The van der Waals surface area contributed by atoms with Crippen LogP contribution in [0.2, 0.25) is 5.15 Å². The molecule has 0 fully saturated rings. The van der Waals surface area contributed by atoms with Crippen LogP contribution in [0.4, 0.5) is 0 Å². The van der Waals surface area contributed by atoms with Gasteiger partial charge in [-0.2, -0.15) is 5.10 Å². The van der Waals surface area contributed by atoms with Gasteiger partial charge in [0.25, 0.3) is 0 Å². The van der Waals surface area contributed by atoms with E-state index in [0.29, 0.717) is 28.0 Å². The number of nitrogens with one attached hydrogen (secondary N) is 1. The summed E-state index contributed by atoms with van der Waals surface area (Å²) in [5.41, 5.74) is 1.07. The van der Waals surface area contributed by atoms with Crippen molar-refractivity contribution in [2.24, 2.45) is 0 Å². The van der Waals surface area contributed by atoms with Gasteiger partial charge in [0.15, 0.2) is 6.29 Å². The lowest BCUT2D eigenvalue weighted by Gasteiger charge is -1.88. The number of halogens is 1. The maximum Gasteiger partial charge on any atom is 0.168 e. The molecule has 2 aromatic rings. The summed E-state index contributed by atoms with van der Waals surface area (Å²) in [5.74, 6) is 0. The third-order valence-electron chi connectivity index (χ3n) is 1.55. The average Bonchev–Trinajstić information content (AvgIpc) is 2.46. The molecular formula is C7H4ClN3O. The quantitative estimate of drug-likeness (QED) is 0.535. The number of carbonyl (C=O) groups is 1. The lowest BCUT2D eigenvalue weighted by atomic mass is 10.3. The van der Waals surface area contributed by atoms with Gasteiger partial charge in [0.2, 0.25) is 0 Å². The Bertz CT molecular complexity index is 437. The first-order valence-corrected chi connectivity index (χ1v) is 3.64. The van der Waals surface area contributed by atoms with Crippen molar-refractivity contribution in [3.05, 3.63) is 23.1 Å². The highest BCUT2D eigenvalue weighted by Gasteiger charge is 2.04. The fourth-order valence-electron chi connectivity index (χ4n) is 0.998. The summed E-state index contributed by atoms with van der Waals surface area (Å²) in [7, 11) is 0. The molecule has 0 aromatic carbocycles. The number of aromatic amines is 1. The largest absolute Gasteiger partial charge is 0.296 e. The molecule has 0 bridgehead atoms. The molecule has 60 valence electrons. The van der Waals surface area contributed by atoms with Crippen LogP contribution in [0.5, 0.6) is 0 Å². The predicted molar refractivity (Wildman–Crippen MR) is 44.3 cm³/mol. The van der Waals surface area contributed by atoms with E-state index in [0.717, 1.165) is 0 Å². The lowest BCUT2D eigenvalue weighted by molar-refractivity contribution is 0.112. The molecule has 0 aliphatic carbocycles. The van der Waals surface area contributed by atoms with Crippen LogP contribution >= 0.6 is 11.6 Å². The fourth-order valence-corrected chi connectivity index (χ4v) is 1.16. The predicted octanol–water partition coefficient (Wildman–Crippen LogP) is 1.42. The highest BCUT2D eigenvalue weighted by atomic mass is 35.5. The number of fused-ring (bicyclic) bond motifs is 1. The minimum absolute atomic E-state index is 0.354. The van der Waals surface area contributed by atoms with Crippen LogP contribution in [0.25, 0.3) is 10.9 Å². The molecule has 4 nitrogen and oxygen atoms in total. The second kappa shape index (κ2) is 2.57. The Morgan fingerprint density at radius 3 is 3.17 bits per heavy atom. The molecule has 0 aliphatic rings. The fraction of sp³-hybridized carbons (Fsp3) is 0. The van der Waals surface area contributed by atoms with E-state index in [4.69, 9.17) is 11.6 Å². The molecule has 0 saturated heterocycles. The minimum Gasteiger partial charge on any atom is -0.296 e. The third-order valence-corrected chi connectivity index (χ3v) is 1.76. The smallest absolute Gasteiger partial charge is 0.168 e. The van der Waals surface area contributed by atoms with Gasteiger partial charge in [0, 0.05) is 5.39 Å². The number of carbonyl (C=O) groups excluding carboxylic acids is 1. The number of hydrogen-bond acceptors (Lipinski definition) is 3. The summed E-state index contributed by atoms with van der Waals surface area (Å²) < 4.78 is 0. The van der Waals surface area contributed by atoms with Crippen molar-refractivity contribution in [1.29, 1.82) is 0 Å². The summed E-state index contributed by atoms with van der Waals surface area (Å²) in [6.07, 6.45) is 2.22. The van der Waals surface area contributed by atoms with Gasteiger partial charge in [-0.15, -0.1) is 0 Å². The Balaban J connectivity index is 2.83. The highest BCUT2D eigenvalue weighted by molar-refractivity contribution is 6.30. The molecule has 2 rings (SSSR count). The molecule has 0 amide bonds. The molecule has 0 spiro atoms. The van der Waals surface area contributed by atoms with Crippen LogP contribution < -0.4 is 0 Å². The van der Waals surface area contributed by atoms with Crippen LogP contribution in [0.1, 0.15) is 10.5 Å². The molecule has 1 N–H and O–H groups in total. The van der Waals surface area contributed by atoms with Crippen molar-refractivity contribution >= 4 is 28.8 Å². The van der Waals surface area contributed by atoms with Gasteiger partial charge in [0.1, 0.15) is 16.4 Å². The van der Waals surface area contributed by atoms with Crippen LogP contribution in [0, 0.1) is 0 Å². The van der Waals surface area contributed by atoms with Gasteiger partial charge in [-0.05, 0) is 6.07 Å². The van der Waals surface area contributed by atoms with Crippen LogP contribution in [0.15, 0.2) is 12.3 Å². The van der Waals surface area contributed by atoms with Crippen LogP contribution in [0.3, 0.4) is 0 Å². The Kier molecular flexibility index (Phi) is 1.55. The Labute approximate surface area is 72.6 Å². The maximum atomic E-state index is 10.5. The molecule has 12 heavy (non-hydrogen) atoms. The summed E-state index contributed by atoms with van der Waals surface area (Å²) in [6.45, 7) is 0. The number of aromatic nitrogens is 3. The van der Waals surface area contributed by atoms with E-state index < -0.39 is 0 Å².